The third-order valence-electron chi connectivity index (χ3n) is 6.21. The van der Waals surface area contributed by atoms with E-state index in [9.17, 15) is 9.18 Å². The van der Waals surface area contributed by atoms with Crippen LogP contribution in [0.5, 0.6) is 5.75 Å². The molecule has 0 bridgehead atoms. The SMILES string of the molecule is CCOc1c(F)cccc1-c1noc(C2CCCN2C(=O)c2cc(C)c(C)cc2-n2nccn2)n1. The number of hydrogen-bond donors (Lipinski definition) is 0. The van der Waals surface area contributed by atoms with E-state index in [-0.39, 0.29) is 17.5 Å². The van der Waals surface area contributed by atoms with Gasteiger partial charge in [-0.2, -0.15) is 20.0 Å². The van der Waals surface area contributed by atoms with Crippen molar-refractivity contribution in [3.05, 3.63) is 71.1 Å². The van der Waals surface area contributed by atoms with Crippen LogP contribution in [0.25, 0.3) is 17.1 Å². The maximum absolute atomic E-state index is 14.3. The minimum Gasteiger partial charge on any atom is -0.490 e. The molecule has 0 radical (unpaired) electrons. The number of halogens is 1. The van der Waals surface area contributed by atoms with Crippen molar-refractivity contribution in [2.45, 2.75) is 39.7 Å². The van der Waals surface area contributed by atoms with Crippen LogP contribution in [0.4, 0.5) is 4.39 Å². The van der Waals surface area contributed by atoms with E-state index in [0.29, 0.717) is 42.3 Å². The fourth-order valence-electron chi connectivity index (χ4n) is 4.36. The van der Waals surface area contributed by atoms with E-state index in [1.165, 1.54) is 10.9 Å². The molecule has 1 saturated heterocycles. The molecule has 9 nitrogen and oxygen atoms in total. The van der Waals surface area contributed by atoms with Crippen LogP contribution in [0.3, 0.4) is 0 Å². The zero-order valence-corrected chi connectivity index (χ0v) is 19.7. The van der Waals surface area contributed by atoms with Crippen molar-refractivity contribution in [1.82, 2.24) is 30.0 Å². The molecule has 3 heterocycles. The summed E-state index contributed by atoms with van der Waals surface area (Å²) in [5, 5.41) is 12.5. The first kappa shape index (κ1) is 22.7. The second-order valence-corrected chi connectivity index (χ2v) is 8.43. The zero-order valence-electron chi connectivity index (χ0n) is 19.7. The highest BCUT2D eigenvalue weighted by atomic mass is 19.1. The molecule has 2 aromatic carbocycles. The highest BCUT2D eigenvalue weighted by Gasteiger charge is 2.36. The molecule has 0 saturated carbocycles. The Morgan fingerprint density at radius 2 is 1.97 bits per heavy atom. The molecule has 1 unspecified atom stereocenters. The molecule has 10 heteroatoms. The Balaban J connectivity index is 1.48. The lowest BCUT2D eigenvalue weighted by Crippen LogP contribution is -2.32. The van der Waals surface area contributed by atoms with Crippen LogP contribution in [0.2, 0.25) is 0 Å². The van der Waals surface area contributed by atoms with Crippen molar-refractivity contribution in [3.63, 3.8) is 0 Å². The summed E-state index contributed by atoms with van der Waals surface area (Å²) in [6, 6.07) is 7.96. The largest absolute Gasteiger partial charge is 0.490 e. The van der Waals surface area contributed by atoms with E-state index in [0.717, 1.165) is 17.5 Å². The van der Waals surface area contributed by atoms with Crippen LogP contribution < -0.4 is 4.74 Å². The van der Waals surface area contributed by atoms with Gasteiger partial charge in [-0.1, -0.05) is 11.2 Å². The molecule has 180 valence electrons. The van der Waals surface area contributed by atoms with Crippen molar-refractivity contribution in [3.8, 4) is 22.8 Å². The van der Waals surface area contributed by atoms with Gasteiger partial charge < -0.3 is 14.2 Å². The number of carbonyl (C=O) groups excluding carboxylic acids is 1. The third-order valence-corrected chi connectivity index (χ3v) is 6.21. The van der Waals surface area contributed by atoms with Gasteiger partial charge >= 0.3 is 0 Å². The summed E-state index contributed by atoms with van der Waals surface area (Å²) >= 11 is 0. The highest BCUT2D eigenvalue weighted by Crippen LogP contribution is 2.36. The lowest BCUT2D eigenvalue weighted by atomic mass is 10.0. The average Bonchev–Trinajstić information content (AvgIpc) is 3.62. The molecule has 1 aliphatic rings. The molecule has 1 fully saturated rings. The van der Waals surface area contributed by atoms with Gasteiger partial charge in [0, 0.05) is 6.54 Å². The average molecular weight is 477 g/mol. The van der Waals surface area contributed by atoms with Gasteiger partial charge in [0.25, 0.3) is 5.91 Å². The number of likely N-dealkylation sites (tertiary alicyclic amines) is 1. The number of carbonyl (C=O) groups is 1. The fourth-order valence-corrected chi connectivity index (χ4v) is 4.36. The third kappa shape index (κ3) is 4.16. The van der Waals surface area contributed by atoms with Crippen LogP contribution in [-0.2, 0) is 0 Å². The zero-order chi connectivity index (χ0) is 24.5. The number of aromatic nitrogens is 5. The number of amides is 1. The van der Waals surface area contributed by atoms with E-state index < -0.39 is 11.9 Å². The maximum atomic E-state index is 14.3. The lowest BCUT2D eigenvalue weighted by molar-refractivity contribution is 0.0709. The molecule has 1 aliphatic heterocycles. The minimum atomic E-state index is -0.497. The molecule has 1 amide bonds. The summed E-state index contributed by atoms with van der Waals surface area (Å²) in [7, 11) is 0. The molecule has 0 aliphatic carbocycles. The van der Waals surface area contributed by atoms with E-state index in [1.807, 2.05) is 26.0 Å². The number of ether oxygens (including phenoxy) is 1. The molecule has 5 rings (SSSR count). The number of benzene rings is 2. The first-order valence-corrected chi connectivity index (χ1v) is 11.5. The van der Waals surface area contributed by atoms with Gasteiger partial charge in [-0.05, 0) is 69.0 Å². The van der Waals surface area contributed by atoms with Crippen LogP contribution >= 0.6 is 0 Å². The summed E-state index contributed by atoms with van der Waals surface area (Å²) < 4.78 is 25.4. The summed E-state index contributed by atoms with van der Waals surface area (Å²) in [5.74, 6) is -0.0606. The number of hydrogen-bond acceptors (Lipinski definition) is 7. The summed E-state index contributed by atoms with van der Waals surface area (Å²) in [6.45, 7) is 6.57. The second-order valence-electron chi connectivity index (χ2n) is 8.43. The summed E-state index contributed by atoms with van der Waals surface area (Å²) in [6.07, 6.45) is 4.61. The van der Waals surface area contributed by atoms with Gasteiger partial charge in [-0.3, -0.25) is 4.79 Å². The van der Waals surface area contributed by atoms with Crippen molar-refractivity contribution in [2.75, 3.05) is 13.2 Å². The Kier molecular flexibility index (Phi) is 6.02. The van der Waals surface area contributed by atoms with Gasteiger partial charge in [0.15, 0.2) is 11.6 Å². The topological polar surface area (TPSA) is 99.2 Å². The second kappa shape index (κ2) is 9.28. The molecule has 2 aromatic heterocycles. The molecule has 0 spiro atoms. The maximum Gasteiger partial charge on any atom is 0.256 e. The van der Waals surface area contributed by atoms with Crippen LogP contribution in [0, 0.1) is 19.7 Å². The van der Waals surface area contributed by atoms with Gasteiger partial charge in [0.2, 0.25) is 11.7 Å². The minimum absolute atomic E-state index is 0.0770. The molecule has 0 N–H and O–H groups in total. The first-order valence-electron chi connectivity index (χ1n) is 11.5. The Hall–Kier alpha value is -4.08. The number of nitrogens with zero attached hydrogens (tertiary/aromatic N) is 6. The van der Waals surface area contributed by atoms with E-state index >= 15 is 0 Å². The van der Waals surface area contributed by atoms with Crippen LogP contribution in [0.1, 0.15) is 53.2 Å². The Morgan fingerprint density at radius 1 is 1.20 bits per heavy atom. The predicted molar refractivity (Wildman–Crippen MR) is 125 cm³/mol. The molecular weight excluding hydrogens is 451 g/mol. The van der Waals surface area contributed by atoms with Crippen molar-refractivity contribution >= 4 is 5.91 Å². The Morgan fingerprint density at radius 3 is 2.74 bits per heavy atom. The van der Waals surface area contributed by atoms with Crippen molar-refractivity contribution in [2.24, 2.45) is 0 Å². The van der Waals surface area contributed by atoms with Gasteiger partial charge in [-0.15, -0.1) is 0 Å². The van der Waals surface area contributed by atoms with E-state index in [1.54, 1.807) is 36.4 Å². The van der Waals surface area contributed by atoms with E-state index in [2.05, 4.69) is 20.3 Å². The lowest BCUT2D eigenvalue weighted by Gasteiger charge is -2.23. The van der Waals surface area contributed by atoms with Gasteiger partial charge in [0.05, 0.1) is 35.8 Å². The standard InChI is InChI=1S/C25H25FN6O3/c1-4-34-22-17(7-5-8-19(22)26)23-29-24(35-30-23)20-9-6-12-31(20)25(33)18-13-15(2)16(3)14-21(18)32-27-10-11-28-32/h5,7-8,10-11,13-14,20H,4,6,9,12H2,1-3H3. The van der Waals surface area contributed by atoms with Gasteiger partial charge in [-0.25, -0.2) is 4.39 Å². The quantitative estimate of drug-likeness (QED) is 0.405. The smallest absolute Gasteiger partial charge is 0.256 e. The Labute approximate surface area is 201 Å². The Bertz CT molecular complexity index is 1370. The summed E-state index contributed by atoms with van der Waals surface area (Å²) in [5.41, 5.74) is 3.54. The molecule has 35 heavy (non-hydrogen) atoms. The normalized spacial score (nSPS) is 15.5. The first-order chi connectivity index (χ1) is 17.0. The predicted octanol–water partition coefficient (Wildman–Crippen LogP) is 4.45. The number of aryl methyl sites for hydroxylation is 2. The van der Waals surface area contributed by atoms with Gasteiger partial charge in [0.1, 0.15) is 6.04 Å². The van der Waals surface area contributed by atoms with Crippen LogP contribution in [-0.4, -0.2) is 49.1 Å². The monoisotopic (exact) mass is 476 g/mol. The molecule has 4 aromatic rings. The molecule has 1 atom stereocenters. The van der Waals surface area contributed by atoms with Crippen LogP contribution in [0.15, 0.2) is 47.2 Å². The van der Waals surface area contributed by atoms with Crippen molar-refractivity contribution < 1.29 is 18.4 Å². The number of rotatable bonds is 6. The molecular formula is C25H25FN6O3. The fraction of sp³-hybridized carbons (Fsp3) is 0.320. The number of para-hydroxylation sites is 1. The van der Waals surface area contributed by atoms with E-state index in [4.69, 9.17) is 9.26 Å². The van der Waals surface area contributed by atoms with Crippen molar-refractivity contribution in [1.29, 1.82) is 0 Å². The highest BCUT2D eigenvalue weighted by molar-refractivity contribution is 5.98. The summed E-state index contributed by atoms with van der Waals surface area (Å²) in [4.78, 5) is 21.5.